The summed E-state index contributed by atoms with van der Waals surface area (Å²) in [5, 5.41) is 11.1. The second-order valence-corrected chi connectivity index (χ2v) is 12.1. The Kier molecular flexibility index (Phi) is 4.52. The van der Waals surface area contributed by atoms with Crippen LogP contribution in [-0.4, -0.2) is 41.1 Å². The predicted octanol–water partition coefficient (Wildman–Crippen LogP) is 3.44. The third kappa shape index (κ3) is 2.07. The zero-order valence-electron chi connectivity index (χ0n) is 20.4. The zero-order valence-corrected chi connectivity index (χ0v) is 20.4. The Morgan fingerprint density at radius 3 is 2.16 bits per heavy atom. The van der Waals surface area contributed by atoms with Gasteiger partial charge in [-0.25, -0.2) is 0 Å². The second kappa shape index (κ2) is 6.19. The molecule has 0 aromatic carbocycles. The summed E-state index contributed by atoms with van der Waals surface area (Å²) in [6, 6.07) is 0. The average Bonchev–Trinajstić information content (AvgIpc) is 2.84. The van der Waals surface area contributed by atoms with E-state index in [0.29, 0.717) is 37.7 Å². The van der Waals surface area contributed by atoms with Crippen LogP contribution in [0.2, 0.25) is 0 Å². The van der Waals surface area contributed by atoms with Gasteiger partial charge in [-0.2, -0.15) is 0 Å². The monoisotopic (exact) mass is 444 g/mol. The van der Waals surface area contributed by atoms with Crippen molar-refractivity contribution in [2.45, 2.75) is 79.2 Å². The van der Waals surface area contributed by atoms with E-state index in [9.17, 15) is 24.3 Å². The quantitative estimate of drug-likeness (QED) is 0.378. The maximum atomic E-state index is 14.0. The lowest BCUT2D eigenvalue weighted by molar-refractivity contribution is -0.217. The van der Waals surface area contributed by atoms with Crippen LogP contribution in [0.25, 0.3) is 0 Å². The van der Waals surface area contributed by atoms with Gasteiger partial charge in [0.05, 0.1) is 12.5 Å². The number of aliphatic hydroxyl groups is 1. The van der Waals surface area contributed by atoms with E-state index < -0.39 is 44.8 Å². The number of hydrogen-bond donors (Lipinski definition) is 1. The topological polar surface area (TPSA) is 97.7 Å². The van der Waals surface area contributed by atoms with Crippen LogP contribution in [0.4, 0.5) is 0 Å². The molecule has 0 radical (unpaired) electrons. The van der Waals surface area contributed by atoms with E-state index in [4.69, 9.17) is 4.74 Å². The summed E-state index contributed by atoms with van der Waals surface area (Å²) < 4.78 is 5.24. The van der Waals surface area contributed by atoms with E-state index >= 15 is 0 Å². The fraction of sp³-hybridized carbons (Fsp3) is 0.769. The molecule has 0 bridgehead atoms. The number of carbonyl (C=O) groups is 4. The molecular formula is C26H36O6. The standard InChI is InChI=1S/C26H36O6/c1-14-13-16-22(4)11-10-17(27)21(2,3)15(22)9-12-23(16,5)26(20(30)32-8)19(29)25(7,31)18(28)24(14,26)6/h15-16,31H,1,9-13H2,2-8H3/t15-,16+,22-,23+,24+,25+,26-/m1/s1. The van der Waals surface area contributed by atoms with E-state index in [1.165, 1.54) is 14.0 Å². The minimum absolute atomic E-state index is 0.0916. The molecule has 0 amide bonds. The molecule has 0 aliphatic heterocycles. The number of carbonyl (C=O) groups excluding carboxylic acids is 4. The molecule has 7 atom stereocenters. The van der Waals surface area contributed by atoms with Gasteiger partial charge in [-0.3, -0.25) is 19.2 Å². The van der Waals surface area contributed by atoms with Crippen LogP contribution in [0.3, 0.4) is 0 Å². The van der Waals surface area contributed by atoms with Crippen LogP contribution in [0, 0.1) is 38.9 Å². The van der Waals surface area contributed by atoms with Gasteiger partial charge in [0.25, 0.3) is 0 Å². The summed E-state index contributed by atoms with van der Waals surface area (Å²) >= 11 is 0. The van der Waals surface area contributed by atoms with Crippen molar-refractivity contribution in [2.24, 2.45) is 38.9 Å². The molecule has 4 rings (SSSR count). The summed E-state index contributed by atoms with van der Waals surface area (Å²) in [4.78, 5) is 54.0. The molecule has 0 aromatic heterocycles. The average molecular weight is 445 g/mol. The first-order valence-electron chi connectivity index (χ1n) is 11.6. The minimum atomic E-state index is -2.29. The molecule has 0 unspecified atom stereocenters. The number of hydrogen-bond acceptors (Lipinski definition) is 6. The number of ketones is 3. The Morgan fingerprint density at radius 1 is 1.00 bits per heavy atom. The van der Waals surface area contributed by atoms with Gasteiger partial charge in [-0.05, 0) is 62.2 Å². The van der Waals surface area contributed by atoms with E-state index in [1.807, 2.05) is 20.8 Å². The van der Waals surface area contributed by atoms with Crippen molar-refractivity contribution in [3.63, 3.8) is 0 Å². The number of fused-ring (bicyclic) bond motifs is 5. The highest BCUT2D eigenvalue weighted by Gasteiger charge is 2.86. The van der Waals surface area contributed by atoms with Crippen LogP contribution in [0.1, 0.15) is 73.6 Å². The van der Waals surface area contributed by atoms with Crippen molar-refractivity contribution in [3.05, 3.63) is 12.2 Å². The molecule has 4 fully saturated rings. The molecule has 0 spiro atoms. The second-order valence-electron chi connectivity index (χ2n) is 12.1. The van der Waals surface area contributed by atoms with E-state index in [1.54, 1.807) is 6.92 Å². The number of methoxy groups -OCH3 is 1. The van der Waals surface area contributed by atoms with Gasteiger partial charge in [0.15, 0.2) is 22.6 Å². The Hall–Kier alpha value is -1.82. The summed E-state index contributed by atoms with van der Waals surface area (Å²) in [6.07, 6.45) is 2.74. The maximum Gasteiger partial charge on any atom is 0.321 e. The Morgan fingerprint density at radius 2 is 1.59 bits per heavy atom. The van der Waals surface area contributed by atoms with Gasteiger partial charge in [0.2, 0.25) is 0 Å². The zero-order chi connectivity index (χ0) is 24.3. The normalized spacial score (nSPS) is 49.9. The fourth-order valence-corrected chi connectivity index (χ4v) is 9.00. The van der Waals surface area contributed by atoms with Crippen LogP contribution >= 0.6 is 0 Å². The summed E-state index contributed by atoms with van der Waals surface area (Å²) in [5.74, 6) is -2.03. The van der Waals surface area contributed by atoms with Crippen molar-refractivity contribution in [3.8, 4) is 0 Å². The highest BCUT2D eigenvalue weighted by molar-refractivity contribution is 6.30. The first kappa shape index (κ1) is 23.3. The van der Waals surface area contributed by atoms with E-state index in [0.717, 1.165) is 0 Å². The Bertz CT molecular complexity index is 975. The number of Topliss-reactive ketones (excluding diaryl/α,β-unsaturated/α-hetero) is 3. The smallest absolute Gasteiger partial charge is 0.321 e. The molecular weight excluding hydrogens is 408 g/mol. The Labute approximate surface area is 190 Å². The molecule has 1 N–H and O–H groups in total. The van der Waals surface area contributed by atoms with Crippen molar-refractivity contribution >= 4 is 23.3 Å². The molecule has 32 heavy (non-hydrogen) atoms. The van der Waals surface area contributed by atoms with Crippen LogP contribution < -0.4 is 0 Å². The first-order valence-corrected chi connectivity index (χ1v) is 11.6. The molecule has 0 saturated heterocycles. The number of allylic oxidation sites excluding steroid dienone is 1. The molecule has 4 aliphatic carbocycles. The van der Waals surface area contributed by atoms with Crippen molar-refractivity contribution in [2.75, 3.05) is 7.11 Å². The Balaban J connectivity index is 2.03. The van der Waals surface area contributed by atoms with Gasteiger partial charge in [0.1, 0.15) is 5.78 Å². The fourth-order valence-electron chi connectivity index (χ4n) is 9.00. The van der Waals surface area contributed by atoms with Crippen LogP contribution in [0.15, 0.2) is 12.2 Å². The molecule has 6 heteroatoms. The van der Waals surface area contributed by atoms with Gasteiger partial charge in [-0.1, -0.05) is 39.8 Å². The highest BCUT2D eigenvalue weighted by atomic mass is 16.5. The van der Waals surface area contributed by atoms with Crippen LogP contribution in [-0.2, 0) is 23.9 Å². The lowest BCUT2D eigenvalue weighted by Crippen LogP contribution is -2.70. The summed E-state index contributed by atoms with van der Waals surface area (Å²) in [6.45, 7) is 15.1. The number of rotatable bonds is 1. The van der Waals surface area contributed by atoms with Gasteiger partial charge >= 0.3 is 5.97 Å². The number of ether oxygens (including phenoxy) is 1. The maximum absolute atomic E-state index is 14.0. The van der Waals surface area contributed by atoms with E-state index in [-0.39, 0.29) is 23.0 Å². The largest absolute Gasteiger partial charge is 0.468 e. The van der Waals surface area contributed by atoms with Gasteiger partial charge in [-0.15, -0.1) is 0 Å². The molecule has 4 aliphatic rings. The van der Waals surface area contributed by atoms with Gasteiger partial charge in [0, 0.05) is 11.8 Å². The minimum Gasteiger partial charge on any atom is -0.468 e. The molecule has 176 valence electrons. The first-order chi connectivity index (χ1) is 14.5. The van der Waals surface area contributed by atoms with Gasteiger partial charge < -0.3 is 9.84 Å². The third-order valence-electron chi connectivity index (χ3n) is 10.7. The molecule has 0 aromatic rings. The van der Waals surface area contributed by atoms with E-state index in [2.05, 4.69) is 13.5 Å². The van der Waals surface area contributed by atoms with Crippen LogP contribution in [0.5, 0.6) is 0 Å². The molecule has 0 heterocycles. The lowest BCUT2D eigenvalue weighted by Gasteiger charge is -2.69. The molecule has 4 saturated carbocycles. The SMILES string of the molecule is C=C1C[C@H]2[C@]3(C)CCC(=O)C(C)(C)[C@H]3CC[C@]2(C)[C@]2(C(=O)OC)C(=O)[C@@](C)(O)C(=O)[C@]12C. The lowest BCUT2D eigenvalue weighted by atomic mass is 9.32. The van der Waals surface area contributed by atoms with Crippen molar-refractivity contribution in [1.29, 1.82) is 0 Å². The van der Waals surface area contributed by atoms with Crippen molar-refractivity contribution in [1.82, 2.24) is 0 Å². The number of esters is 1. The van der Waals surface area contributed by atoms with Crippen molar-refractivity contribution < 1.29 is 29.0 Å². The third-order valence-corrected chi connectivity index (χ3v) is 10.7. The predicted molar refractivity (Wildman–Crippen MR) is 117 cm³/mol. The summed E-state index contributed by atoms with van der Waals surface area (Å²) in [5.41, 5.74) is -6.94. The highest BCUT2D eigenvalue weighted by Crippen LogP contribution is 2.77. The molecule has 6 nitrogen and oxygen atoms in total. The summed E-state index contributed by atoms with van der Waals surface area (Å²) in [7, 11) is 1.23.